The van der Waals surface area contributed by atoms with Gasteiger partial charge in [-0.1, -0.05) is 80.8 Å². The highest BCUT2D eigenvalue weighted by atomic mass is 35.5. The van der Waals surface area contributed by atoms with E-state index < -0.39 is 0 Å². The summed E-state index contributed by atoms with van der Waals surface area (Å²) in [6, 6.07) is 12.1. The normalized spacial score (nSPS) is 18.6. The summed E-state index contributed by atoms with van der Waals surface area (Å²) in [5.74, 6) is 1.17. The molecule has 2 aromatic carbocycles. The number of nitrogens with one attached hydrogen (secondary N) is 2. The quantitative estimate of drug-likeness (QED) is 0.181. The van der Waals surface area contributed by atoms with E-state index in [0.717, 1.165) is 90.9 Å². The van der Waals surface area contributed by atoms with Gasteiger partial charge in [0.05, 0.1) is 22.1 Å². The Morgan fingerprint density at radius 2 is 1.34 bits per heavy atom. The molecular formula is C42H53ClN8O2. The summed E-state index contributed by atoms with van der Waals surface area (Å²) < 4.78 is 3.91. The predicted octanol–water partition coefficient (Wildman–Crippen LogP) is 7.92. The van der Waals surface area contributed by atoms with Crippen molar-refractivity contribution in [3.63, 3.8) is 0 Å². The van der Waals surface area contributed by atoms with Gasteiger partial charge in [-0.2, -0.15) is 0 Å². The number of halogens is 1. The number of hydrogen-bond acceptors (Lipinski definition) is 6. The standard InChI is InChI=1S/C42H53ClN8O2/c1-27-30(15-9-17-32(27)46-41(52)39-45-35-26-51(29-13-7-8-14-29)24-21-37(35)49(39)3)31-16-10-18-33(38(31)43)47-42(53)40-44-34-25-50(23-20-36(34)48(40)2)22-19-28-11-5-4-6-12-28/h9-10,15-18,28-29H,4-8,11-14,19-26H2,1-3H3,(H,46,52)(H,47,53). The van der Waals surface area contributed by atoms with E-state index in [1.165, 1.54) is 64.2 Å². The molecule has 11 heteroatoms. The second-order valence-corrected chi connectivity index (χ2v) is 16.2. The molecule has 0 bridgehead atoms. The van der Waals surface area contributed by atoms with Crippen molar-refractivity contribution in [2.45, 2.75) is 103 Å². The van der Waals surface area contributed by atoms with Crippen molar-refractivity contribution in [2.75, 3.05) is 30.3 Å². The Balaban J connectivity index is 0.950. The minimum Gasteiger partial charge on any atom is -0.327 e. The fraction of sp³-hybridized carbons (Fsp3) is 0.524. The van der Waals surface area contributed by atoms with E-state index in [1.807, 2.05) is 66.6 Å². The molecule has 4 heterocycles. The molecule has 53 heavy (non-hydrogen) atoms. The van der Waals surface area contributed by atoms with Crippen molar-refractivity contribution >= 4 is 34.8 Å². The van der Waals surface area contributed by atoms with Gasteiger partial charge in [-0.15, -0.1) is 0 Å². The molecular weight excluding hydrogens is 684 g/mol. The first kappa shape index (κ1) is 36.0. The van der Waals surface area contributed by atoms with Gasteiger partial charge in [-0.25, -0.2) is 9.97 Å². The molecule has 10 nitrogen and oxygen atoms in total. The van der Waals surface area contributed by atoms with Crippen LogP contribution in [-0.2, 0) is 40.0 Å². The Morgan fingerprint density at radius 3 is 2.04 bits per heavy atom. The number of amides is 2. The first-order valence-corrected chi connectivity index (χ1v) is 20.2. The highest BCUT2D eigenvalue weighted by molar-refractivity contribution is 6.36. The van der Waals surface area contributed by atoms with Gasteiger partial charge in [-0.05, 0) is 61.9 Å². The Hall–Kier alpha value is -3.99. The number of imidazole rings is 2. The van der Waals surface area contributed by atoms with Crippen LogP contribution in [0.25, 0.3) is 11.1 Å². The van der Waals surface area contributed by atoms with Gasteiger partial charge in [-0.3, -0.25) is 19.4 Å². The van der Waals surface area contributed by atoms with Gasteiger partial charge in [0.15, 0.2) is 11.6 Å². The van der Waals surface area contributed by atoms with Gasteiger partial charge in [0.25, 0.3) is 11.8 Å². The maximum atomic E-state index is 13.7. The van der Waals surface area contributed by atoms with Crippen molar-refractivity contribution in [1.82, 2.24) is 28.9 Å². The van der Waals surface area contributed by atoms with E-state index in [-0.39, 0.29) is 11.8 Å². The molecule has 2 aliphatic heterocycles. The summed E-state index contributed by atoms with van der Waals surface area (Å²) in [4.78, 5) is 42.1. The molecule has 2 aliphatic carbocycles. The van der Waals surface area contributed by atoms with Crippen LogP contribution in [-0.4, -0.2) is 66.4 Å². The number of anilines is 2. The molecule has 2 fully saturated rings. The fourth-order valence-corrected chi connectivity index (χ4v) is 9.68. The van der Waals surface area contributed by atoms with Gasteiger partial charge in [0.2, 0.25) is 0 Å². The van der Waals surface area contributed by atoms with Gasteiger partial charge >= 0.3 is 0 Å². The monoisotopic (exact) mass is 736 g/mol. The zero-order valence-electron chi connectivity index (χ0n) is 31.5. The SMILES string of the molecule is Cc1c(NC(=O)c2nc3c(n2C)CCN(C2CCCC2)C3)cccc1-c1cccc(NC(=O)c2nc3c(n2C)CCN(CCC2CCCCC2)C3)c1Cl. The highest BCUT2D eigenvalue weighted by Crippen LogP contribution is 2.38. The maximum Gasteiger partial charge on any atom is 0.291 e. The lowest BCUT2D eigenvalue weighted by Crippen LogP contribution is -2.38. The molecule has 0 spiro atoms. The van der Waals surface area contributed by atoms with E-state index in [2.05, 4.69) is 20.4 Å². The highest BCUT2D eigenvalue weighted by Gasteiger charge is 2.31. The number of rotatable bonds is 9. The lowest BCUT2D eigenvalue weighted by Gasteiger charge is -2.31. The van der Waals surface area contributed by atoms with E-state index in [4.69, 9.17) is 21.6 Å². The van der Waals surface area contributed by atoms with Crippen molar-refractivity contribution in [3.8, 4) is 11.1 Å². The Kier molecular flexibility index (Phi) is 10.5. The van der Waals surface area contributed by atoms with E-state index in [0.29, 0.717) is 34.1 Å². The number of carbonyl (C=O) groups is 2. The van der Waals surface area contributed by atoms with E-state index in [9.17, 15) is 9.59 Å². The topological polar surface area (TPSA) is 100 Å². The summed E-state index contributed by atoms with van der Waals surface area (Å²) >= 11 is 7.04. The molecule has 2 N–H and O–H groups in total. The van der Waals surface area contributed by atoms with E-state index in [1.54, 1.807) is 0 Å². The number of aromatic nitrogens is 4. The molecule has 0 unspecified atom stereocenters. The molecule has 4 aliphatic rings. The molecule has 2 aromatic heterocycles. The second kappa shape index (κ2) is 15.4. The van der Waals surface area contributed by atoms with Crippen molar-refractivity contribution in [3.05, 3.63) is 81.4 Å². The third-order valence-electron chi connectivity index (χ3n) is 12.6. The van der Waals surface area contributed by atoms with Crippen LogP contribution in [0.5, 0.6) is 0 Å². The van der Waals surface area contributed by atoms with Crippen LogP contribution in [0.15, 0.2) is 36.4 Å². The lowest BCUT2D eigenvalue weighted by atomic mass is 9.87. The third kappa shape index (κ3) is 7.30. The number of hydrogen-bond donors (Lipinski definition) is 2. The smallest absolute Gasteiger partial charge is 0.291 e. The van der Waals surface area contributed by atoms with Crippen LogP contribution in [0.3, 0.4) is 0 Å². The second-order valence-electron chi connectivity index (χ2n) is 15.8. The first-order chi connectivity index (χ1) is 25.7. The molecule has 280 valence electrons. The molecule has 0 atom stereocenters. The van der Waals surface area contributed by atoms with Crippen LogP contribution < -0.4 is 10.6 Å². The van der Waals surface area contributed by atoms with Crippen LogP contribution in [0.1, 0.15) is 114 Å². The van der Waals surface area contributed by atoms with Gasteiger partial charge in [0.1, 0.15) is 0 Å². The summed E-state index contributed by atoms with van der Waals surface area (Å²) in [7, 11) is 3.88. The third-order valence-corrected chi connectivity index (χ3v) is 13.0. The van der Waals surface area contributed by atoms with Crippen molar-refractivity contribution in [1.29, 1.82) is 0 Å². The van der Waals surface area contributed by atoms with Gasteiger partial charge < -0.3 is 19.8 Å². The molecule has 0 saturated heterocycles. The predicted molar refractivity (Wildman–Crippen MR) is 210 cm³/mol. The molecule has 0 radical (unpaired) electrons. The fourth-order valence-electron chi connectivity index (χ4n) is 9.41. The number of nitrogens with zero attached hydrogens (tertiary/aromatic N) is 6. The number of carbonyl (C=O) groups excluding carboxylic acids is 2. The largest absolute Gasteiger partial charge is 0.327 e. The molecule has 4 aromatic rings. The first-order valence-electron chi connectivity index (χ1n) is 19.8. The average Bonchev–Trinajstić information content (AvgIpc) is 3.91. The minimum atomic E-state index is -0.281. The molecule has 8 rings (SSSR count). The average molecular weight is 737 g/mol. The Labute approximate surface area is 318 Å². The minimum absolute atomic E-state index is 0.230. The molecule has 2 amide bonds. The summed E-state index contributed by atoms with van der Waals surface area (Å²) in [6.45, 7) is 6.68. The van der Waals surface area contributed by atoms with Crippen molar-refractivity contribution in [2.24, 2.45) is 20.0 Å². The van der Waals surface area contributed by atoms with Gasteiger partial charge in [0, 0.05) is 81.8 Å². The van der Waals surface area contributed by atoms with Crippen LogP contribution >= 0.6 is 11.6 Å². The number of fused-ring (bicyclic) bond motifs is 2. The zero-order chi connectivity index (χ0) is 36.6. The summed E-state index contributed by atoms with van der Waals surface area (Å²) in [5, 5.41) is 6.62. The Bertz CT molecular complexity index is 2000. The molecule has 2 saturated carbocycles. The lowest BCUT2D eigenvalue weighted by molar-refractivity contribution is 0.100. The van der Waals surface area contributed by atoms with Crippen molar-refractivity contribution < 1.29 is 9.59 Å². The zero-order valence-corrected chi connectivity index (χ0v) is 32.3. The number of benzene rings is 2. The summed E-state index contributed by atoms with van der Waals surface area (Å²) in [5.41, 5.74) is 8.03. The maximum absolute atomic E-state index is 13.7. The van der Waals surface area contributed by atoms with Crippen LogP contribution in [0, 0.1) is 12.8 Å². The summed E-state index contributed by atoms with van der Waals surface area (Å²) in [6.07, 6.45) is 15.0. The Morgan fingerprint density at radius 1 is 0.755 bits per heavy atom. The van der Waals surface area contributed by atoms with E-state index >= 15 is 0 Å². The van der Waals surface area contributed by atoms with Crippen LogP contribution in [0.4, 0.5) is 11.4 Å². The van der Waals surface area contributed by atoms with Crippen LogP contribution in [0.2, 0.25) is 5.02 Å².